The largest absolute Gasteiger partial charge is 0.484 e. The zero-order valence-electron chi connectivity index (χ0n) is 9.50. The van der Waals surface area contributed by atoms with Crippen molar-refractivity contribution in [3.05, 3.63) is 30.3 Å². The first kappa shape index (κ1) is 14.3. The molecule has 4 nitrogen and oxygen atoms in total. The predicted octanol–water partition coefficient (Wildman–Crippen LogP) is 2.53. The maximum atomic E-state index is 13.0. The van der Waals surface area contributed by atoms with Gasteiger partial charge in [-0.3, -0.25) is 0 Å². The Kier molecular flexibility index (Phi) is 3.38. The van der Waals surface area contributed by atoms with E-state index in [-0.39, 0.29) is 12.8 Å². The molecular weight excluding hydrogens is 303 g/mol. The molecule has 106 valence electrons. The summed E-state index contributed by atoms with van der Waals surface area (Å²) in [5.74, 6) is 0. The third-order valence-corrected chi connectivity index (χ3v) is 7.05. The summed E-state index contributed by atoms with van der Waals surface area (Å²) in [5.41, 5.74) is -5.24. The second-order valence-electron chi connectivity index (χ2n) is 4.07. The van der Waals surface area contributed by atoms with Gasteiger partial charge in [0.1, 0.15) is 0 Å². The zero-order valence-corrected chi connectivity index (χ0v) is 11.1. The highest BCUT2D eigenvalue weighted by Crippen LogP contribution is 2.37. The highest BCUT2D eigenvalue weighted by atomic mass is 32.3. The Bertz CT molecular complexity index is 684. The highest BCUT2D eigenvalue weighted by Gasteiger charge is 2.48. The maximum Gasteiger partial charge on any atom is 0.484 e. The Morgan fingerprint density at radius 2 is 1.58 bits per heavy atom. The van der Waals surface area contributed by atoms with Crippen molar-refractivity contribution in [2.45, 2.75) is 28.5 Å². The summed E-state index contributed by atoms with van der Waals surface area (Å²) in [7, 11) is -9.36. The van der Waals surface area contributed by atoms with Crippen LogP contribution in [0.3, 0.4) is 0 Å². The summed E-state index contributed by atoms with van der Waals surface area (Å²) in [6, 6.07) is 5.86. The van der Waals surface area contributed by atoms with Crippen LogP contribution in [0, 0.1) is 0 Å². The molecule has 1 aromatic carbocycles. The standard InChI is InChI=1S/C10H10F3NO3S2/c11-10(12,13)18(15,8-4-2-1-3-5-8)14-19(16,17)9-6-7-9/h1-5,9H,6-7H2. The molecule has 0 saturated heterocycles. The van der Waals surface area contributed by atoms with Gasteiger partial charge >= 0.3 is 5.51 Å². The van der Waals surface area contributed by atoms with Crippen molar-refractivity contribution in [3.8, 4) is 0 Å². The molecule has 1 aliphatic rings. The van der Waals surface area contributed by atoms with E-state index in [9.17, 15) is 25.8 Å². The van der Waals surface area contributed by atoms with E-state index in [0.717, 1.165) is 12.1 Å². The number of hydrogen-bond acceptors (Lipinski definition) is 3. The minimum atomic E-state index is -5.24. The lowest BCUT2D eigenvalue weighted by Gasteiger charge is -2.13. The lowest BCUT2D eigenvalue weighted by Crippen LogP contribution is -2.25. The van der Waals surface area contributed by atoms with Crippen LogP contribution >= 0.6 is 0 Å². The quantitative estimate of drug-likeness (QED) is 0.861. The van der Waals surface area contributed by atoms with Crippen LogP contribution in [0.5, 0.6) is 0 Å². The first-order chi connectivity index (χ1) is 8.67. The fourth-order valence-electron chi connectivity index (χ4n) is 1.40. The van der Waals surface area contributed by atoms with Gasteiger partial charge in [0.2, 0.25) is 0 Å². The second kappa shape index (κ2) is 4.48. The normalized spacial score (nSPS) is 19.7. The molecule has 1 saturated carbocycles. The maximum absolute atomic E-state index is 13.0. The van der Waals surface area contributed by atoms with E-state index in [0.29, 0.717) is 0 Å². The third-order valence-electron chi connectivity index (χ3n) is 2.53. The van der Waals surface area contributed by atoms with Crippen molar-refractivity contribution in [2.24, 2.45) is 3.77 Å². The average Bonchev–Trinajstić information content (AvgIpc) is 3.12. The summed E-state index contributed by atoms with van der Waals surface area (Å²) < 4.78 is 76.9. The zero-order chi connectivity index (χ0) is 14.3. The summed E-state index contributed by atoms with van der Waals surface area (Å²) in [5, 5.41) is -0.931. The fraction of sp³-hybridized carbons (Fsp3) is 0.400. The van der Waals surface area contributed by atoms with Gasteiger partial charge in [-0.2, -0.15) is 13.2 Å². The second-order valence-corrected chi connectivity index (χ2v) is 8.35. The summed E-state index contributed by atoms with van der Waals surface area (Å²) >= 11 is 0. The van der Waals surface area contributed by atoms with E-state index < -0.39 is 35.4 Å². The van der Waals surface area contributed by atoms with E-state index in [1.54, 1.807) is 0 Å². The Morgan fingerprint density at radius 3 is 2.00 bits per heavy atom. The van der Waals surface area contributed by atoms with Gasteiger partial charge in [-0.25, -0.2) is 12.6 Å². The molecule has 0 amide bonds. The van der Waals surface area contributed by atoms with Crippen molar-refractivity contribution >= 4 is 19.8 Å². The van der Waals surface area contributed by atoms with Crippen molar-refractivity contribution in [2.75, 3.05) is 0 Å². The molecule has 0 heterocycles. The number of sulfonamides is 1. The lowest BCUT2D eigenvalue weighted by atomic mass is 10.4. The fourth-order valence-corrected chi connectivity index (χ4v) is 5.26. The van der Waals surface area contributed by atoms with Crippen molar-refractivity contribution in [1.29, 1.82) is 0 Å². The van der Waals surface area contributed by atoms with E-state index >= 15 is 0 Å². The van der Waals surface area contributed by atoms with Gasteiger partial charge < -0.3 is 0 Å². The Labute approximate surface area is 108 Å². The molecule has 0 aliphatic heterocycles. The number of halogens is 3. The Hall–Kier alpha value is -1.09. The molecule has 0 spiro atoms. The van der Waals surface area contributed by atoms with Crippen molar-refractivity contribution in [1.82, 2.24) is 0 Å². The van der Waals surface area contributed by atoms with E-state index in [4.69, 9.17) is 0 Å². The number of benzene rings is 1. The van der Waals surface area contributed by atoms with Crippen molar-refractivity contribution in [3.63, 3.8) is 0 Å². The molecule has 1 aromatic rings. The Balaban J connectivity index is 2.67. The van der Waals surface area contributed by atoms with Gasteiger partial charge in [0.25, 0.3) is 10.0 Å². The molecule has 0 N–H and O–H groups in total. The van der Waals surface area contributed by atoms with Crippen LogP contribution in [0.4, 0.5) is 13.2 Å². The molecule has 9 heteroatoms. The molecule has 0 aromatic heterocycles. The van der Waals surface area contributed by atoms with Gasteiger partial charge in [0, 0.05) is 0 Å². The van der Waals surface area contributed by atoms with Gasteiger partial charge in [-0.1, -0.05) is 22.0 Å². The molecule has 1 fully saturated rings. The SMILES string of the molecule is O=S(=O)(N=S(=O)(c1ccccc1)C(F)(F)F)C1CC1. The number of nitrogens with zero attached hydrogens (tertiary/aromatic N) is 1. The number of alkyl halides is 3. The number of hydrogen-bond donors (Lipinski definition) is 0. The van der Waals surface area contributed by atoms with Crippen LogP contribution < -0.4 is 0 Å². The summed E-state index contributed by atoms with van der Waals surface area (Å²) in [6.45, 7) is 0. The molecule has 2 rings (SSSR count). The predicted molar refractivity (Wildman–Crippen MR) is 63.3 cm³/mol. The minimum absolute atomic E-state index is 0.258. The first-order valence-corrected chi connectivity index (χ1v) is 8.32. The summed E-state index contributed by atoms with van der Waals surface area (Å²) in [4.78, 5) is -0.647. The van der Waals surface area contributed by atoms with Crippen LogP contribution in [-0.4, -0.2) is 23.4 Å². The molecule has 1 atom stereocenters. The van der Waals surface area contributed by atoms with Crippen LogP contribution in [-0.2, 0) is 19.8 Å². The van der Waals surface area contributed by atoms with Gasteiger partial charge in [0.05, 0.1) is 10.1 Å². The topological polar surface area (TPSA) is 63.6 Å². The molecule has 1 unspecified atom stereocenters. The molecule has 1 aliphatic carbocycles. The monoisotopic (exact) mass is 313 g/mol. The molecule has 0 radical (unpaired) electrons. The first-order valence-electron chi connectivity index (χ1n) is 5.30. The van der Waals surface area contributed by atoms with Crippen molar-refractivity contribution < 1.29 is 25.8 Å². The van der Waals surface area contributed by atoms with Gasteiger partial charge in [-0.05, 0) is 25.0 Å². The average molecular weight is 313 g/mol. The van der Waals surface area contributed by atoms with E-state index in [1.165, 1.54) is 18.2 Å². The minimum Gasteiger partial charge on any atom is -0.235 e. The smallest absolute Gasteiger partial charge is 0.235 e. The highest BCUT2D eigenvalue weighted by molar-refractivity contribution is 8.04. The third kappa shape index (κ3) is 2.76. The lowest BCUT2D eigenvalue weighted by molar-refractivity contribution is -0.0401. The van der Waals surface area contributed by atoms with E-state index in [2.05, 4.69) is 3.77 Å². The summed E-state index contributed by atoms with van der Waals surface area (Å²) in [6.07, 6.45) is 0.516. The molecule has 19 heavy (non-hydrogen) atoms. The van der Waals surface area contributed by atoms with Crippen LogP contribution in [0.25, 0.3) is 0 Å². The molecular formula is C10H10F3NO3S2. The van der Waals surface area contributed by atoms with Crippen LogP contribution in [0.15, 0.2) is 39.0 Å². The van der Waals surface area contributed by atoms with Crippen LogP contribution in [0.2, 0.25) is 0 Å². The van der Waals surface area contributed by atoms with Crippen LogP contribution in [0.1, 0.15) is 12.8 Å². The van der Waals surface area contributed by atoms with E-state index in [1.807, 2.05) is 0 Å². The van der Waals surface area contributed by atoms with Gasteiger partial charge in [0.15, 0.2) is 9.73 Å². The molecule has 0 bridgehead atoms. The number of rotatable bonds is 3. The van der Waals surface area contributed by atoms with Gasteiger partial charge in [-0.15, -0.1) is 0 Å². The Morgan fingerprint density at radius 1 is 1.05 bits per heavy atom.